The number of hydrogen-bond donors (Lipinski definition) is 1. The normalized spacial score (nSPS) is 16.0. The molecule has 0 bridgehead atoms. The molecule has 0 atom stereocenters. The van der Waals surface area contributed by atoms with Gasteiger partial charge in [-0.15, -0.1) is 0 Å². The number of rotatable bonds is 5. The van der Waals surface area contributed by atoms with E-state index in [0.29, 0.717) is 12.3 Å². The molecule has 0 saturated heterocycles. The SMILES string of the molecule is COc1ccc(CN)cc1S(=O)(=O)N(C)C1CC1. The van der Waals surface area contributed by atoms with Gasteiger partial charge < -0.3 is 10.5 Å². The first kappa shape index (κ1) is 13.3. The summed E-state index contributed by atoms with van der Waals surface area (Å²) in [7, 11) is -0.420. The zero-order chi connectivity index (χ0) is 13.3. The zero-order valence-corrected chi connectivity index (χ0v) is 11.4. The lowest BCUT2D eigenvalue weighted by Gasteiger charge is -2.18. The van der Waals surface area contributed by atoms with Crippen LogP contribution in [0.2, 0.25) is 0 Å². The van der Waals surface area contributed by atoms with Gasteiger partial charge in [-0.25, -0.2) is 8.42 Å². The molecule has 1 aromatic rings. The predicted octanol–water partition coefficient (Wildman–Crippen LogP) is 0.937. The Labute approximate surface area is 108 Å². The Morgan fingerprint density at radius 3 is 2.61 bits per heavy atom. The molecule has 0 spiro atoms. The Hall–Kier alpha value is -1.11. The third kappa shape index (κ3) is 2.36. The standard InChI is InChI=1S/C12H18N2O3S/c1-14(10-4-5-10)18(15,16)12-7-9(8-13)3-6-11(12)17-2/h3,6-7,10H,4-5,8,13H2,1-2H3. The first-order chi connectivity index (χ1) is 8.50. The van der Waals surface area contributed by atoms with Crippen LogP contribution in [0.3, 0.4) is 0 Å². The minimum absolute atomic E-state index is 0.126. The van der Waals surface area contributed by atoms with E-state index in [9.17, 15) is 8.42 Å². The van der Waals surface area contributed by atoms with Crippen molar-refractivity contribution in [2.45, 2.75) is 30.3 Å². The molecule has 2 N–H and O–H groups in total. The lowest BCUT2D eigenvalue weighted by atomic mass is 10.2. The van der Waals surface area contributed by atoms with Crippen molar-refractivity contribution in [3.8, 4) is 5.75 Å². The lowest BCUT2D eigenvalue weighted by molar-refractivity contribution is 0.397. The number of methoxy groups -OCH3 is 1. The molecule has 1 fully saturated rings. The number of nitrogens with zero attached hydrogens (tertiary/aromatic N) is 1. The van der Waals surface area contributed by atoms with E-state index in [2.05, 4.69) is 0 Å². The van der Waals surface area contributed by atoms with Gasteiger partial charge in [0, 0.05) is 19.6 Å². The third-order valence-corrected chi connectivity index (χ3v) is 5.11. The fraction of sp³-hybridized carbons (Fsp3) is 0.500. The Bertz CT molecular complexity index is 538. The second kappa shape index (κ2) is 4.87. The molecular formula is C12H18N2O3S. The average molecular weight is 270 g/mol. The van der Waals surface area contributed by atoms with Gasteiger partial charge in [0.25, 0.3) is 0 Å². The molecule has 1 aliphatic carbocycles. The van der Waals surface area contributed by atoms with Gasteiger partial charge in [0.1, 0.15) is 10.6 Å². The van der Waals surface area contributed by atoms with Crippen LogP contribution in [0.25, 0.3) is 0 Å². The smallest absolute Gasteiger partial charge is 0.246 e. The molecule has 6 heteroatoms. The summed E-state index contributed by atoms with van der Waals surface area (Å²) in [4.78, 5) is 0.197. The van der Waals surface area contributed by atoms with Crippen molar-refractivity contribution in [3.63, 3.8) is 0 Å². The van der Waals surface area contributed by atoms with Crippen LogP contribution in [0, 0.1) is 0 Å². The fourth-order valence-electron chi connectivity index (χ4n) is 1.84. The van der Waals surface area contributed by atoms with Crippen LogP contribution in [0.4, 0.5) is 0 Å². The van der Waals surface area contributed by atoms with E-state index in [-0.39, 0.29) is 10.9 Å². The highest BCUT2D eigenvalue weighted by molar-refractivity contribution is 7.89. The summed E-state index contributed by atoms with van der Waals surface area (Å²) in [6.45, 7) is 0.305. The van der Waals surface area contributed by atoms with Crippen LogP contribution in [0.15, 0.2) is 23.1 Å². The minimum Gasteiger partial charge on any atom is -0.495 e. The highest BCUT2D eigenvalue weighted by atomic mass is 32.2. The summed E-state index contributed by atoms with van der Waals surface area (Å²) in [5.74, 6) is 0.361. The molecule has 0 heterocycles. The van der Waals surface area contributed by atoms with Crippen molar-refractivity contribution in [2.24, 2.45) is 5.73 Å². The quantitative estimate of drug-likeness (QED) is 0.864. The van der Waals surface area contributed by atoms with Crippen molar-refractivity contribution in [2.75, 3.05) is 14.2 Å². The topological polar surface area (TPSA) is 72.6 Å². The molecule has 0 radical (unpaired) electrons. The van der Waals surface area contributed by atoms with Crippen molar-refractivity contribution in [1.82, 2.24) is 4.31 Å². The molecule has 0 aromatic heterocycles. The molecular weight excluding hydrogens is 252 g/mol. The fourth-order valence-corrected chi connectivity index (χ4v) is 3.46. The van der Waals surface area contributed by atoms with Gasteiger partial charge in [0.05, 0.1) is 7.11 Å². The Balaban J connectivity index is 2.47. The van der Waals surface area contributed by atoms with Gasteiger partial charge in [-0.3, -0.25) is 0 Å². The number of hydrogen-bond acceptors (Lipinski definition) is 4. The van der Waals surface area contributed by atoms with Gasteiger partial charge in [0.15, 0.2) is 0 Å². The Morgan fingerprint density at radius 2 is 2.11 bits per heavy atom. The number of ether oxygens (including phenoxy) is 1. The largest absolute Gasteiger partial charge is 0.495 e. The summed E-state index contributed by atoms with van der Waals surface area (Å²) < 4.78 is 31.5. The molecule has 1 aromatic carbocycles. The maximum atomic E-state index is 12.5. The molecule has 0 aliphatic heterocycles. The van der Waals surface area contributed by atoms with E-state index in [4.69, 9.17) is 10.5 Å². The van der Waals surface area contributed by atoms with Gasteiger partial charge in [-0.05, 0) is 30.5 Å². The van der Waals surface area contributed by atoms with Crippen molar-refractivity contribution >= 4 is 10.0 Å². The number of nitrogens with two attached hydrogens (primary N) is 1. The predicted molar refractivity (Wildman–Crippen MR) is 68.9 cm³/mol. The highest BCUT2D eigenvalue weighted by Crippen LogP contribution is 2.34. The summed E-state index contributed by atoms with van der Waals surface area (Å²) >= 11 is 0. The van der Waals surface area contributed by atoms with Crippen molar-refractivity contribution in [1.29, 1.82) is 0 Å². The monoisotopic (exact) mass is 270 g/mol. The van der Waals surface area contributed by atoms with E-state index < -0.39 is 10.0 Å². The average Bonchev–Trinajstić information content (AvgIpc) is 3.21. The van der Waals surface area contributed by atoms with Crippen molar-refractivity contribution < 1.29 is 13.2 Å². The van der Waals surface area contributed by atoms with Crippen molar-refractivity contribution in [3.05, 3.63) is 23.8 Å². The highest BCUT2D eigenvalue weighted by Gasteiger charge is 2.36. The third-order valence-electron chi connectivity index (χ3n) is 3.18. The Morgan fingerprint density at radius 1 is 1.44 bits per heavy atom. The minimum atomic E-state index is -3.50. The molecule has 2 rings (SSSR count). The van der Waals surface area contributed by atoms with Crippen LogP contribution < -0.4 is 10.5 Å². The number of sulfonamides is 1. The molecule has 0 amide bonds. The summed E-state index contributed by atoms with van der Waals surface area (Å²) in [6, 6.07) is 5.14. The lowest BCUT2D eigenvalue weighted by Crippen LogP contribution is -2.29. The van der Waals surface area contributed by atoms with Crippen LogP contribution in [-0.2, 0) is 16.6 Å². The van der Waals surface area contributed by atoms with Crippen LogP contribution in [-0.4, -0.2) is 32.9 Å². The molecule has 1 aliphatic rings. The van der Waals surface area contributed by atoms with Gasteiger partial charge in [0.2, 0.25) is 10.0 Å². The maximum Gasteiger partial charge on any atom is 0.246 e. The van der Waals surface area contributed by atoms with E-state index in [0.717, 1.165) is 18.4 Å². The van der Waals surface area contributed by atoms with Crippen LogP contribution in [0.5, 0.6) is 5.75 Å². The molecule has 100 valence electrons. The van der Waals surface area contributed by atoms with E-state index in [1.165, 1.54) is 11.4 Å². The van der Waals surface area contributed by atoms with Crippen LogP contribution in [0.1, 0.15) is 18.4 Å². The first-order valence-electron chi connectivity index (χ1n) is 5.85. The molecule has 18 heavy (non-hydrogen) atoms. The number of benzene rings is 1. The molecule has 1 saturated carbocycles. The van der Waals surface area contributed by atoms with E-state index in [1.807, 2.05) is 0 Å². The first-order valence-corrected chi connectivity index (χ1v) is 7.29. The maximum absolute atomic E-state index is 12.5. The van der Waals surface area contributed by atoms with E-state index >= 15 is 0 Å². The van der Waals surface area contributed by atoms with Gasteiger partial charge in [-0.2, -0.15) is 4.31 Å². The zero-order valence-electron chi connectivity index (χ0n) is 10.6. The van der Waals surface area contributed by atoms with Gasteiger partial charge in [-0.1, -0.05) is 6.07 Å². The second-order valence-electron chi connectivity index (χ2n) is 4.44. The van der Waals surface area contributed by atoms with Crippen LogP contribution >= 0.6 is 0 Å². The molecule has 0 unspecified atom stereocenters. The summed E-state index contributed by atoms with van der Waals surface area (Å²) in [5.41, 5.74) is 6.33. The Kier molecular flexibility index (Phi) is 3.61. The summed E-state index contributed by atoms with van der Waals surface area (Å²) in [5, 5.41) is 0. The summed E-state index contributed by atoms with van der Waals surface area (Å²) in [6.07, 6.45) is 1.85. The second-order valence-corrected chi connectivity index (χ2v) is 6.41. The van der Waals surface area contributed by atoms with E-state index in [1.54, 1.807) is 25.2 Å². The van der Waals surface area contributed by atoms with Gasteiger partial charge >= 0.3 is 0 Å². The molecule has 5 nitrogen and oxygen atoms in total.